The normalized spacial score (nSPS) is 23.5. The number of carbonyl (C=O) groups is 3. The maximum atomic E-state index is 11.6. The van der Waals surface area contributed by atoms with Crippen molar-refractivity contribution >= 4 is 17.5 Å². The molecule has 0 saturated heterocycles. The number of Topliss-reactive ketones (excluding diaryl/α,β-unsaturated/α-hetero) is 1. The zero-order valence-electron chi connectivity index (χ0n) is 10.5. The van der Waals surface area contributed by atoms with Gasteiger partial charge in [0.15, 0.2) is 5.78 Å². The minimum atomic E-state index is -0.514. The van der Waals surface area contributed by atoms with Gasteiger partial charge < -0.3 is 4.74 Å². The summed E-state index contributed by atoms with van der Waals surface area (Å²) in [5.41, 5.74) is 1.00. The maximum Gasteiger partial charge on any atom is 0.313 e. The van der Waals surface area contributed by atoms with Gasteiger partial charge in [-0.15, -0.1) is 0 Å². The highest BCUT2D eigenvalue weighted by molar-refractivity contribution is 6.01. The van der Waals surface area contributed by atoms with Crippen molar-refractivity contribution in [1.82, 2.24) is 0 Å². The highest BCUT2D eigenvalue weighted by atomic mass is 16.5. The number of allylic oxidation sites excluding steroid dienone is 2. The van der Waals surface area contributed by atoms with Crippen LogP contribution in [-0.4, -0.2) is 24.1 Å². The lowest BCUT2D eigenvalue weighted by Crippen LogP contribution is -2.21. The van der Waals surface area contributed by atoms with Crippen LogP contribution in [0, 0.1) is 11.8 Å². The Morgan fingerprint density at radius 1 is 1.41 bits per heavy atom. The Kier molecular flexibility index (Phi) is 4.61. The van der Waals surface area contributed by atoms with Crippen molar-refractivity contribution in [2.45, 2.75) is 33.6 Å². The second kappa shape index (κ2) is 5.75. The third-order valence-corrected chi connectivity index (χ3v) is 3.15. The van der Waals surface area contributed by atoms with Gasteiger partial charge in [-0.25, -0.2) is 0 Å². The van der Waals surface area contributed by atoms with Crippen LogP contribution in [0.15, 0.2) is 11.6 Å². The Morgan fingerprint density at radius 3 is 2.53 bits per heavy atom. The molecule has 0 unspecified atom stereocenters. The Hall–Kier alpha value is -1.45. The van der Waals surface area contributed by atoms with E-state index < -0.39 is 5.97 Å². The van der Waals surface area contributed by atoms with Gasteiger partial charge in [0.05, 0.1) is 6.61 Å². The van der Waals surface area contributed by atoms with Gasteiger partial charge in [-0.3, -0.25) is 14.4 Å². The van der Waals surface area contributed by atoms with Crippen LogP contribution >= 0.6 is 0 Å². The second-order valence-electron chi connectivity index (χ2n) is 4.41. The van der Waals surface area contributed by atoms with Gasteiger partial charge in [0.1, 0.15) is 12.2 Å². The zero-order chi connectivity index (χ0) is 13.0. The van der Waals surface area contributed by atoms with E-state index in [1.165, 1.54) is 0 Å². The Morgan fingerprint density at radius 2 is 2.06 bits per heavy atom. The summed E-state index contributed by atoms with van der Waals surface area (Å²) in [5.74, 6) is -0.949. The summed E-state index contributed by atoms with van der Waals surface area (Å²) in [6.07, 6.45) is 1.49. The van der Waals surface area contributed by atoms with Crippen molar-refractivity contribution in [3.8, 4) is 0 Å². The predicted octanol–water partition coefficient (Wildman–Crippen LogP) is 1.68. The first kappa shape index (κ1) is 13.6. The summed E-state index contributed by atoms with van der Waals surface area (Å²) < 4.78 is 4.69. The summed E-state index contributed by atoms with van der Waals surface area (Å²) in [7, 11) is 0. The van der Waals surface area contributed by atoms with Gasteiger partial charge in [-0.1, -0.05) is 12.5 Å². The van der Waals surface area contributed by atoms with Crippen LogP contribution in [-0.2, 0) is 19.1 Å². The van der Waals surface area contributed by atoms with E-state index in [2.05, 4.69) is 0 Å². The van der Waals surface area contributed by atoms with Crippen molar-refractivity contribution < 1.29 is 19.1 Å². The summed E-state index contributed by atoms with van der Waals surface area (Å²) >= 11 is 0. The Balaban J connectivity index is 2.48. The topological polar surface area (TPSA) is 60.4 Å². The predicted molar refractivity (Wildman–Crippen MR) is 62.3 cm³/mol. The number of hydrogen-bond acceptors (Lipinski definition) is 4. The summed E-state index contributed by atoms with van der Waals surface area (Å²) in [6.45, 7) is 5.78. The number of ketones is 2. The first-order valence-corrected chi connectivity index (χ1v) is 5.85. The van der Waals surface area contributed by atoms with E-state index in [0.29, 0.717) is 0 Å². The third kappa shape index (κ3) is 3.51. The lowest BCUT2D eigenvalue weighted by molar-refractivity contribution is -0.146. The minimum absolute atomic E-state index is 0.00721. The number of esters is 1. The summed E-state index contributed by atoms with van der Waals surface area (Å²) in [6, 6.07) is 0. The maximum absolute atomic E-state index is 11.6. The molecule has 0 aromatic carbocycles. The van der Waals surface area contributed by atoms with E-state index in [-0.39, 0.29) is 42.9 Å². The van der Waals surface area contributed by atoms with Crippen LogP contribution in [0.1, 0.15) is 33.6 Å². The van der Waals surface area contributed by atoms with Gasteiger partial charge >= 0.3 is 5.97 Å². The molecular weight excluding hydrogens is 220 g/mol. The SMILES string of the molecule is CCOC(=O)CC(=O)C[C@H]1C(=O)C=C(C)[C@H]1C. The lowest BCUT2D eigenvalue weighted by Gasteiger charge is -2.14. The fourth-order valence-electron chi connectivity index (χ4n) is 1.99. The molecule has 0 N–H and O–H groups in total. The molecule has 94 valence electrons. The van der Waals surface area contributed by atoms with E-state index in [1.807, 2.05) is 13.8 Å². The van der Waals surface area contributed by atoms with E-state index in [1.54, 1.807) is 13.0 Å². The number of carbonyl (C=O) groups excluding carboxylic acids is 3. The molecule has 4 heteroatoms. The lowest BCUT2D eigenvalue weighted by atomic mass is 9.88. The molecule has 1 aliphatic carbocycles. The molecule has 0 heterocycles. The van der Waals surface area contributed by atoms with Gasteiger partial charge in [0.25, 0.3) is 0 Å². The van der Waals surface area contributed by atoms with E-state index in [9.17, 15) is 14.4 Å². The van der Waals surface area contributed by atoms with Crippen LogP contribution in [0.3, 0.4) is 0 Å². The van der Waals surface area contributed by atoms with E-state index >= 15 is 0 Å². The third-order valence-electron chi connectivity index (χ3n) is 3.15. The monoisotopic (exact) mass is 238 g/mol. The van der Waals surface area contributed by atoms with Crippen molar-refractivity contribution in [3.05, 3.63) is 11.6 Å². The van der Waals surface area contributed by atoms with Crippen molar-refractivity contribution in [3.63, 3.8) is 0 Å². The minimum Gasteiger partial charge on any atom is -0.466 e. The number of rotatable bonds is 5. The van der Waals surface area contributed by atoms with Gasteiger partial charge in [0, 0.05) is 12.3 Å². The molecule has 0 saturated carbocycles. The second-order valence-corrected chi connectivity index (χ2v) is 4.41. The van der Waals surface area contributed by atoms with Crippen LogP contribution < -0.4 is 0 Å². The Bertz CT molecular complexity index is 368. The summed E-state index contributed by atoms with van der Waals surface area (Å²) in [4.78, 5) is 34.3. The van der Waals surface area contributed by atoms with E-state index in [4.69, 9.17) is 4.74 Å². The zero-order valence-corrected chi connectivity index (χ0v) is 10.5. The molecule has 17 heavy (non-hydrogen) atoms. The molecule has 0 aliphatic heterocycles. The largest absolute Gasteiger partial charge is 0.466 e. The van der Waals surface area contributed by atoms with Crippen LogP contribution in [0.5, 0.6) is 0 Å². The van der Waals surface area contributed by atoms with Crippen molar-refractivity contribution in [1.29, 1.82) is 0 Å². The molecule has 4 nitrogen and oxygen atoms in total. The number of ether oxygens (including phenoxy) is 1. The molecule has 0 aromatic rings. The first-order valence-electron chi connectivity index (χ1n) is 5.85. The Labute approximate surface area is 101 Å². The van der Waals surface area contributed by atoms with E-state index in [0.717, 1.165) is 5.57 Å². The molecule has 1 aliphatic rings. The first-order chi connectivity index (χ1) is 7.95. The quantitative estimate of drug-likeness (QED) is 0.540. The molecule has 0 aromatic heterocycles. The van der Waals surface area contributed by atoms with Crippen molar-refractivity contribution in [2.24, 2.45) is 11.8 Å². The van der Waals surface area contributed by atoms with Gasteiger partial charge in [0.2, 0.25) is 0 Å². The molecular formula is C13H18O4. The smallest absolute Gasteiger partial charge is 0.313 e. The average Bonchev–Trinajstić information content (AvgIpc) is 2.45. The highest BCUT2D eigenvalue weighted by Gasteiger charge is 2.32. The van der Waals surface area contributed by atoms with Gasteiger partial charge in [-0.2, -0.15) is 0 Å². The average molecular weight is 238 g/mol. The molecule has 2 atom stereocenters. The van der Waals surface area contributed by atoms with Crippen LogP contribution in [0.4, 0.5) is 0 Å². The fourth-order valence-corrected chi connectivity index (χ4v) is 1.99. The fraction of sp³-hybridized carbons (Fsp3) is 0.615. The molecule has 0 bridgehead atoms. The standard InChI is InChI=1S/C13H18O4/c1-4-17-13(16)7-10(14)6-11-9(3)8(2)5-12(11)15/h5,9,11H,4,6-7H2,1-3H3/t9-,11-/m1/s1. The number of hydrogen-bond donors (Lipinski definition) is 0. The summed E-state index contributed by atoms with van der Waals surface area (Å²) in [5, 5.41) is 0. The highest BCUT2D eigenvalue weighted by Crippen LogP contribution is 2.31. The molecule has 0 radical (unpaired) electrons. The molecule has 1 rings (SSSR count). The van der Waals surface area contributed by atoms with Gasteiger partial charge in [-0.05, 0) is 25.8 Å². The van der Waals surface area contributed by atoms with Crippen LogP contribution in [0.25, 0.3) is 0 Å². The molecule has 0 fully saturated rings. The van der Waals surface area contributed by atoms with Crippen molar-refractivity contribution in [2.75, 3.05) is 6.61 Å². The molecule has 0 amide bonds. The van der Waals surface area contributed by atoms with Crippen LogP contribution in [0.2, 0.25) is 0 Å². The molecule has 0 spiro atoms.